The molecular formula is C27H25FN8O3. The van der Waals surface area contributed by atoms with Gasteiger partial charge in [0.25, 0.3) is 5.91 Å². The summed E-state index contributed by atoms with van der Waals surface area (Å²) in [5.74, 6) is -0.0524. The molecule has 3 N–H and O–H groups in total. The Morgan fingerprint density at radius 2 is 1.79 bits per heavy atom. The predicted octanol–water partition coefficient (Wildman–Crippen LogP) is 4.97. The van der Waals surface area contributed by atoms with Gasteiger partial charge >= 0.3 is 6.03 Å². The fraction of sp³-hybridized carbons (Fsp3) is 0.148. The maximum Gasteiger partial charge on any atom is 0.324 e. The Labute approximate surface area is 222 Å². The molecule has 3 amide bonds. The fourth-order valence-electron chi connectivity index (χ4n) is 3.79. The minimum atomic E-state index is -0.704. The highest BCUT2D eigenvalue weighted by Gasteiger charge is 2.16. The quantitative estimate of drug-likeness (QED) is 0.274. The molecule has 0 aliphatic rings. The summed E-state index contributed by atoms with van der Waals surface area (Å²) in [4.78, 5) is 32.8. The van der Waals surface area contributed by atoms with Crippen molar-refractivity contribution >= 4 is 29.1 Å². The second-order valence-corrected chi connectivity index (χ2v) is 8.88. The first-order chi connectivity index (χ1) is 18.8. The van der Waals surface area contributed by atoms with Crippen molar-refractivity contribution in [3.05, 3.63) is 90.5 Å². The molecule has 0 saturated carbocycles. The Morgan fingerprint density at radius 1 is 0.974 bits per heavy atom. The Morgan fingerprint density at radius 3 is 2.56 bits per heavy atom. The number of halogens is 1. The van der Waals surface area contributed by atoms with Crippen molar-refractivity contribution < 1.29 is 18.7 Å². The van der Waals surface area contributed by atoms with Crippen LogP contribution in [0.2, 0.25) is 0 Å². The van der Waals surface area contributed by atoms with Crippen LogP contribution in [-0.2, 0) is 0 Å². The highest BCUT2D eigenvalue weighted by atomic mass is 19.1. The van der Waals surface area contributed by atoms with Gasteiger partial charge in [-0.3, -0.25) is 15.1 Å². The molecule has 0 atom stereocenters. The van der Waals surface area contributed by atoms with E-state index in [0.717, 1.165) is 17.4 Å². The fourth-order valence-corrected chi connectivity index (χ4v) is 3.79. The van der Waals surface area contributed by atoms with Crippen LogP contribution in [0.15, 0.2) is 73.3 Å². The van der Waals surface area contributed by atoms with Gasteiger partial charge in [-0.25, -0.2) is 18.9 Å². The maximum absolute atomic E-state index is 14.9. The Bertz CT molecular complexity index is 1680. The Hall–Kier alpha value is -5.26. The van der Waals surface area contributed by atoms with Crippen LogP contribution in [0.1, 0.15) is 35.9 Å². The third-order valence-corrected chi connectivity index (χ3v) is 5.79. The monoisotopic (exact) mass is 528 g/mol. The van der Waals surface area contributed by atoms with Gasteiger partial charge in [-0.05, 0) is 36.2 Å². The molecule has 0 spiro atoms. The third-order valence-electron chi connectivity index (χ3n) is 5.79. The molecular weight excluding hydrogens is 503 g/mol. The molecule has 0 aliphatic heterocycles. The summed E-state index contributed by atoms with van der Waals surface area (Å²) in [5, 5.41) is 12.4. The van der Waals surface area contributed by atoms with Crippen LogP contribution in [0.25, 0.3) is 11.3 Å². The van der Waals surface area contributed by atoms with Crippen molar-refractivity contribution in [3.8, 4) is 17.2 Å². The van der Waals surface area contributed by atoms with Crippen LogP contribution in [0.4, 0.5) is 20.7 Å². The van der Waals surface area contributed by atoms with Crippen molar-refractivity contribution in [2.75, 3.05) is 17.7 Å². The summed E-state index contributed by atoms with van der Waals surface area (Å²) in [6.07, 6.45) is 6.77. The highest BCUT2D eigenvalue weighted by Crippen LogP contribution is 2.27. The van der Waals surface area contributed by atoms with E-state index in [1.807, 2.05) is 42.8 Å². The lowest BCUT2D eigenvalue weighted by molar-refractivity contribution is 0.0957. The van der Waals surface area contributed by atoms with E-state index in [1.165, 1.54) is 31.4 Å². The molecule has 0 aliphatic carbocycles. The van der Waals surface area contributed by atoms with E-state index >= 15 is 0 Å². The number of anilines is 2. The van der Waals surface area contributed by atoms with E-state index in [-0.39, 0.29) is 29.0 Å². The number of aromatic nitrogens is 5. The van der Waals surface area contributed by atoms with Crippen LogP contribution < -0.4 is 20.7 Å². The van der Waals surface area contributed by atoms with Crippen LogP contribution in [0, 0.1) is 5.82 Å². The molecule has 4 heterocycles. The average Bonchev–Trinajstić information content (AvgIpc) is 3.56. The molecule has 0 fully saturated rings. The van der Waals surface area contributed by atoms with Crippen molar-refractivity contribution in [3.63, 3.8) is 0 Å². The van der Waals surface area contributed by atoms with E-state index in [2.05, 4.69) is 31.0 Å². The van der Waals surface area contributed by atoms with Gasteiger partial charge in [0.1, 0.15) is 34.5 Å². The number of nitrogens with zero attached hydrogens (tertiary/aromatic N) is 5. The minimum absolute atomic E-state index is 0.0457. The standard InChI is InChI=1S/C27H25FN8O3/c1-16(2)22-14-25(36(34-22)17-4-7-24-31-10-11-35(24)15-17)33-27(38)32-21-6-5-18(12-20(21)28)39-19-8-9-30-23(13-19)26(37)29-3/h4-16H,1-3H3,(H,29,37)(H2,32,33,38). The molecule has 0 radical (unpaired) electrons. The molecule has 1 aromatic carbocycles. The van der Waals surface area contributed by atoms with Crippen molar-refractivity contribution in [2.45, 2.75) is 19.8 Å². The lowest BCUT2D eigenvalue weighted by Gasteiger charge is -2.12. The van der Waals surface area contributed by atoms with Crippen LogP contribution >= 0.6 is 0 Å². The second-order valence-electron chi connectivity index (χ2n) is 8.88. The Balaban J connectivity index is 1.32. The number of fused-ring (bicyclic) bond motifs is 1. The summed E-state index contributed by atoms with van der Waals surface area (Å²) >= 11 is 0. The van der Waals surface area contributed by atoms with Crippen molar-refractivity contribution in [2.24, 2.45) is 0 Å². The largest absolute Gasteiger partial charge is 0.457 e. The number of hydrogen-bond donors (Lipinski definition) is 3. The summed E-state index contributed by atoms with van der Waals surface area (Å²) in [6.45, 7) is 4.00. The molecule has 5 rings (SSSR count). The van der Waals surface area contributed by atoms with Crippen LogP contribution in [-0.4, -0.2) is 43.1 Å². The zero-order valence-electron chi connectivity index (χ0n) is 21.3. The summed E-state index contributed by atoms with van der Waals surface area (Å²) in [7, 11) is 1.49. The summed E-state index contributed by atoms with van der Waals surface area (Å²) in [5.41, 5.74) is 2.39. The Kier molecular flexibility index (Phi) is 6.91. The number of carbonyl (C=O) groups excluding carboxylic acids is 2. The molecule has 4 aromatic heterocycles. The molecule has 12 heteroatoms. The normalized spacial score (nSPS) is 11.0. The number of carbonyl (C=O) groups is 2. The third kappa shape index (κ3) is 5.54. The van der Waals surface area contributed by atoms with Crippen LogP contribution in [0.5, 0.6) is 11.5 Å². The van der Waals surface area contributed by atoms with Gasteiger partial charge in [0.15, 0.2) is 0 Å². The number of nitrogens with one attached hydrogen (secondary N) is 3. The molecule has 198 valence electrons. The van der Waals surface area contributed by atoms with Gasteiger partial charge < -0.3 is 19.8 Å². The van der Waals surface area contributed by atoms with E-state index in [9.17, 15) is 14.0 Å². The van der Waals surface area contributed by atoms with E-state index in [4.69, 9.17) is 4.74 Å². The van der Waals surface area contributed by atoms with Gasteiger partial charge in [-0.2, -0.15) is 5.10 Å². The molecule has 0 saturated heterocycles. The van der Waals surface area contributed by atoms with Crippen molar-refractivity contribution in [1.29, 1.82) is 0 Å². The number of ether oxygens (including phenoxy) is 1. The zero-order chi connectivity index (χ0) is 27.5. The SMILES string of the molecule is CNC(=O)c1cc(Oc2ccc(NC(=O)Nc3cc(C(C)C)nn3-c3ccc4nccn4c3)c(F)c2)ccn1. The van der Waals surface area contributed by atoms with E-state index in [1.54, 1.807) is 23.0 Å². The molecule has 0 bridgehead atoms. The number of urea groups is 1. The van der Waals surface area contributed by atoms with E-state index < -0.39 is 11.8 Å². The number of rotatable bonds is 7. The molecule has 11 nitrogen and oxygen atoms in total. The average molecular weight is 529 g/mol. The lowest BCUT2D eigenvalue weighted by Crippen LogP contribution is -2.22. The molecule has 5 aromatic rings. The van der Waals surface area contributed by atoms with Gasteiger partial charge in [0, 0.05) is 50.0 Å². The lowest BCUT2D eigenvalue weighted by atomic mass is 10.1. The van der Waals surface area contributed by atoms with Gasteiger partial charge in [0.2, 0.25) is 0 Å². The number of benzene rings is 1. The molecule has 39 heavy (non-hydrogen) atoms. The number of hydrogen-bond acceptors (Lipinski definition) is 6. The number of amides is 3. The summed E-state index contributed by atoms with van der Waals surface area (Å²) < 4.78 is 24.0. The number of imidazole rings is 1. The van der Waals surface area contributed by atoms with Gasteiger partial charge in [-0.1, -0.05) is 13.8 Å². The number of pyridine rings is 2. The predicted molar refractivity (Wildman–Crippen MR) is 143 cm³/mol. The van der Waals surface area contributed by atoms with Crippen LogP contribution in [0.3, 0.4) is 0 Å². The topological polar surface area (TPSA) is 127 Å². The molecule has 0 unspecified atom stereocenters. The van der Waals surface area contributed by atoms with Gasteiger partial charge in [-0.15, -0.1) is 0 Å². The smallest absolute Gasteiger partial charge is 0.324 e. The maximum atomic E-state index is 14.9. The minimum Gasteiger partial charge on any atom is -0.457 e. The first kappa shape index (κ1) is 25.4. The van der Waals surface area contributed by atoms with Crippen molar-refractivity contribution in [1.82, 2.24) is 29.5 Å². The second kappa shape index (κ2) is 10.6. The van der Waals surface area contributed by atoms with Gasteiger partial charge in [0.05, 0.1) is 17.1 Å². The zero-order valence-corrected chi connectivity index (χ0v) is 21.3. The van der Waals surface area contributed by atoms with E-state index in [0.29, 0.717) is 17.3 Å². The highest BCUT2D eigenvalue weighted by molar-refractivity contribution is 5.99. The first-order valence-electron chi connectivity index (χ1n) is 12.1. The first-order valence-corrected chi connectivity index (χ1v) is 12.1. The summed E-state index contributed by atoms with van der Waals surface area (Å²) in [6, 6.07) is 11.8.